The molecule has 14 rings (SSSR count). The first-order valence-corrected chi connectivity index (χ1v) is 23.9. The van der Waals surface area contributed by atoms with E-state index in [2.05, 4.69) is 160 Å². The van der Waals surface area contributed by atoms with Crippen molar-refractivity contribution in [2.75, 3.05) is 9.80 Å². The van der Waals surface area contributed by atoms with Crippen molar-refractivity contribution in [1.29, 1.82) is 5.26 Å². The molecule has 0 aliphatic heterocycles. The third-order valence-corrected chi connectivity index (χ3v) is 14.2. The number of rotatable bonds is 8. The molecule has 0 spiro atoms. The lowest BCUT2D eigenvalue weighted by Crippen LogP contribution is -2.13. The molecule has 334 valence electrons. The molecule has 0 bridgehead atoms. The normalized spacial score (nSPS) is 11.6. The third kappa shape index (κ3) is 6.27. The molecule has 0 radical (unpaired) electrons. The molecule has 2 heterocycles. The van der Waals surface area contributed by atoms with Crippen molar-refractivity contribution in [2.24, 2.45) is 0 Å². The molecule has 6 heteroatoms. The first-order valence-electron chi connectivity index (χ1n) is 23.9. The zero-order valence-corrected chi connectivity index (χ0v) is 38.5. The van der Waals surface area contributed by atoms with Crippen molar-refractivity contribution < 1.29 is 8.83 Å². The lowest BCUT2D eigenvalue weighted by molar-refractivity contribution is 0.669. The van der Waals surface area contributed by atoms with Crippen LogP contribution in [-0.2, 0) is 0 Å². The number of hydrogen-bond donors (Lipinski definition) is 0. The van der Waals surface area contributed by atoms with Gasteiger partial charge in [-0.1, -0.05) is 164 Å². The van der Waals surface area contributed by atoms with Gasteiger partial charge in [0.1, 0.15) is 11.2 Å². The molecule has 72 heavy (non-hydrogen) atoms. The van der Waals surface area contributed by atoms with Gasteiger partial charge in [0.15, 0.2) is 16.9 Å². The van der Waals surface area contributed by atoms with Crippen LogP contribution in [0.1, 0.15) is 5.56 Å². The molecule has 12 aromatic carbocycles. The summed E-state index contributed by atoms with van der Waals surface area (Å²) in [6.07, 6.45) is 0. The van der Waals surface area contributed by atoms with Gasteiger partial charge in [0.2, 0.25) is 0 Å². The van der Waals surface area contributed by atoms with E-state index in [1.807, 2.05) is 91.0 Å². The Kier molecular flexibility index (Phi) is 9.23. The molecule has 0 aliphatic carbocycles. The summed E-state index contributed by atoms with van der Waals surface area (Å²) in [4.78, 5) is 8.56. The Balaban J connectivity index is 1.08. The third-order valence-electron chi connectivity index (χ3n) is 14.2. The summed E-state index contributed by atoms with van der Waals surface area (Å²) in [6.45, 7) is 8.09. The highest BCUT2D eigenvalue weighted by molar-refractivity contribution is 6.30. The SMILES string of the molecule is [C-]#[N+]c1ccc(N(c2cc3ccc(N(c4ccc(C#N)cc4-c4ccccc4)c4cccc5c4oc4ccccc45)c4ccc5cccc2c5c34)c2cccc3c2oc2ccccc23)c(-c2ccccc2)c1. The van der Waals surface area contributed by atoms with Gasteiger partial charge in [0.25, 0.3) is 0 Å². The number of benzene rings is 12. The van der Waals surface area contributed by atoms with Gasteiger partial charge in [-0.25, -0.2) is 4.85 Å². The average Bonchev–Trinajstić information content (AvgIpc) is 4.03. The molecule has 6 nitrogen and oxygen atoms in total. The molecule has 0 aliphatic rings. The second-order valence-corrected chi connectivity index (χ2v) is 18.2. The maximum atomic E-state index is 10.3. The number of para-hydroxylation sites is 4. The van der Waals surface area contributed by atoms with Crippen molar-refractivity contribution >= 4 is 116 Å². The van der Waals surface area contributed by atoms with Gasteiger partial charge < -0.3 is 18.6 Å². The summed E-state index contributed by atoms with van der Waals surface area (Å²) < 4.78 is 13.7. The highest BCUT2D eigenvalue weighted by Gasteiger charge is 2.28. The van der Waals surface area contributed by atoms with Gasteiger partial charge in [0.05, 0.1) is 52.3 Å². The fourth-order valence-corrected chi connectivity index (χ4v) is 11.1. The zero-order chi connectivity index (χ0) is 47.9. The van der Waals surface area contributed by atoms with E-state index in [-0.39, 0.29) is 0 Å². The van der Waals surface area contributed by atoms with Crippen molar-refractivity contribution in [2.45, 2.75) is 0 Å². The topological polar surface area (TPSA) is 60.9 Å². The molecule has 0 saturated heterocycles. The van der Waals surface area contributed by atoms with Gasteiger partial charge in [-0.05, 0) is 105 Å². The summed E-state index contributed by atoms with van der Waals surface area (Å²) in [5.41, 5.74) is 13.6. The van der Waals surface area contributed by atoms with Crippen LogP contribution in [0.15, 0.2) is 239 Å². The number of nitrogens with zero attached hydrogens (tertiary/aromatic N) is 4. The molecule has 0 atom stereocenters. The van der Waals surface area contributed by atoms with Crippen LogP contribution in [0.25, 0.3) is 103 Å². The molecular formula is C66H38N4O2. The first-order chi connectivity index (χ1) is 35.6. The Hall–Kier alpha value is -10.1. The second kappa shape index (κ2) is 16.2. The predicted octanol–water partition coefficient (Wildman–Crippen LogP) is 19.1. The van der Waals surface area contributed by atoms with E-state index in [9.17, 15) is 5.26 Å². The minimum atomic E-state index is 0.558. The summed E-state index contributed by atoms with van der Waals surface area (Å²) in [6, 6.07) is 81.9. The fraction of sp³-hybridized carbons (Fsp3) is 0. The van der Waals surface area contributed by atoms with Crippen molar-refractivity contribution in [1.82, 2.24) is 0 Å². The highest BCUT2D eigenvalue weighted by atomic mass is 16.3. The number of hydrogen-bond acceptors (Lipinski definition) is 5. The van der Waals surface area contributed by atoms with E-state index in [1.54, 1.807) is 0 Å². The quantitative estimate of drug-likeness (QED) is 0.112. The lowest BCUT2D eigenvalue weighted by atomic mass is 9.90. The fourth-order valence-electron chi connectivity index (χ4n) is 11.1. The van der Waals surface area contributed by atoms with E-state index >= 15 is 0 Å². The Morgan fingerprint density at radius 2 is 0.875 bits per heavy atom. The van der Waals surface area contributed by atoms with Crippen molar-refractivity contribution in [3.8, 4) is 28.3 Å². The number of furan rings is 2. The molecule has 2 aromatic heterocycles. The Labute approximate surface area is 413 Å². The zero-order valence-electron chi connectivity index (χ0n) is 38.5. The summed E-state index contributed by atoms with van der Waals surface area (Å²) in [5.74, 6) is 0. The maximum absolute atomic E-state index is 10.3. The smallest absolute Gasteiger partial charge is 0.188 e. The van der Waals surface area contributed by atoms with Crippen LogP contribution >= 0.6 is 0 Å². The van der Waals surface area contributed by atoms with E-state index in [1.165, 1.54) is 0 Å². The summed E-state index contributed by atoms with van der Waals surface area (Å²) >= 11 is 0. The van der Waals surface area contributed by atoms with Crippen LogP contribution in [0.5, 0.6) is 0 Å². The van der Waals surface area contributed by atoms with E-state index in [0.29, 0.717) is 11.3 Å². The molecular weight excluding hydrogens is 881 g/mol. The van der Waals surface area contributed by atoms with Crippen LogP contribution in [0.2, 0.25) is 0 Å². The van der Waals surface area contributed by atoms with E-state index < -0.39 is 0 Å². The van der Waals surface area contributed by atoms with Crippen molar-refractivity contribution in [3.63, 3.8) is 0 Å². The van der Waals surface area contributed by atoms with Crippen LogP contribution in [-0.4, -0.2) is 0 Å². The van der Waals surface area contributed by atoms with Crippen LogP contribution in [0.3, 0.4) is 0 Å². The van der Waals surface area contributed by atoms with Gasteiger partial charge in [0, 0.05) is 37.9 Å². The molecule has 0 saturated carbocycles. The van der Waals surface area contributed by atoms with Gasteiger partial charge in [-0.3, -0.25) is 0 Å². The number of anilines is 6. The predicted molar refractivity (Wildman–Crippen MR) is 296 cm³/mol. The van der Waals surface area contributed by atoms with Gasteiger partial charge in [-0.15, -0.1) is 0 Å². The Morgan fingerprint density at radius 3 is 1.51 bits per heavy atom. The molecule has 14 aromatic rings. The lowest BCUT2D eigenvalue weighted by Gasteiger charge is -2.31. The maximum Gasteiger partial charge on any atom is 0.188 e. The Bertz CT molecular complexity index is 4550. The molecule has 0 amide bonds. The second-order valence-electron chi connectivity index (χ2n) is 18.2. The summed E-state index contributed by atoms with van der Waals surface area (Å²) in [7, 11) is 0. The highest BCUT2D eigenvalue weighted by Crippen LogP contribution is 2.53. The van der Waals surface area contributed by atoms with Crippen molar-refractivity contribution in [3.05, 3.63) is 248 Å². The largest absolute Gasteiger partial charge is 0.454 e. The van der Waals surface area contributed by atoms with Crippen LogP contribution < -0.4 is 9.80 Å². The monoisotopic (exact) mass is 918 g/mol. The summed E-state index contributed by atoms with van der Waals surface area (Å²) in [5, 5.41) is 20.9. The van der Waals surface area contributed by atoms with Crippen LogP contribution in [0, 0.1) is 17.9 Å². The van der Waals surface area contributed by atoms with Gasteiger partial charge in [-0.2, -0.15) is 5.26 Å². The molecule has 0 fully saturated rings. The standard InChI is InChI=1S/C66H38N4O2/c1-68-46-32-36-57(54(39-46)43-17-6-3-7-18-43)70(59-26-14-23-50-48-21-9-11-28-62(48)72-66(50)59)60-38-45-31-35-55(52-33-30-44-19-12-24-51(60)63(44)64(45)52)69(56-34-29-41(40-67)37-53(56)42-15-4-2-5-16-42)58-25-13-22-49-47-20-8-10-27-61(47)71-65(49)58/h2-39H. The molecule has 0 unspecified atom stereocenters. The Morgan fingerprint density at radius 1 is 0.375 bits per heavy atom. The van der Waals surface area contributed by atoms with Gasteiger partial charge >= 0.3 is 0 Å². The minimum Gasteiger partial charge on any atom is -0.454 e. The number of nitriles is 1. The van der Waals surface area contributed by atoms with E-state index in [0.717, 1.165) is 133 Å². The first kappa shape index (κ1) is 40.9. The minimum absolute atomic E-state index is 0.558. The van der Waals surface area contributed by atoms with E-state index in [4.69, 9.17) is 15.4 Å². The average molecular weight is 919 g/mol. The van der Waals surface area contributed by atoms with Crippen LogP contribution in [0.4, 0.5) is 39.8 Å². The number of fused-ring (bicyclic) bond motifs is 6. The molecule has 0 N–H and O–H groups in total.